The van der Waals surface area contributed by atoms with Gasteiger partial charge in [-0.2, -0.15) is 0 Å². The molecule has 0 N–H and O–H groups in total. The molecule has 0 nitrogen and oxygen atoms in total. The van der Waals surface area contributed by atoms with Crippen molar-refractivity contribution >= 4 is 0 Å². The van der Waals surface area contributed by atoms with Crippen LogP contribution in [0.2, 0.25) is 0 Å². The summed E-state index contributed by atoms with van der Waals surface area (Å²) in [7, 11) is 0. The molecule has 1 fully saturated rings. The molecule has 2 rings (SSSR count). The fourth-order valence-corrected chi connectivity index (χ4v) is 2.39. The summed E-state index contributed by atoms with van der Waals surface area (Å²) in [5.41, 5.74) is 0. The second-order valence-electron chi connectivity index (χ2n) is 3.83. The summed E-state index contributed by atoms with van der Waals surface area (Å²) in [4.78, 5) is 0. The number of hydrogen-bond acceptors (Lipinski definition) is 0. The molecule has 0 amide bonds. The van der Waals surface area contributed by atoms with Gasteiger partial charge in [0, 0.05) is 0 Å². The molecule has 0 aromatic heterocycles. The lowest BCUT2D eigenvalue weighted by molar-refractivity contribution is 0.461. The fraction of sp³-hybridized carbons (Fsp3) is 0.800. The number of allylic oxidation sites excluding steroid dienone is 2. The topological polar surface area (TPSA) is 0 Å². The Hall–Kier alpha value is -0.260. The highest BCUT2D eigenvalue weighted by molar-refractivity contribution is 4.91. The first kappa shape index (κ1) is 6.45. The average molecular weight is 136 g/mol. The van der Waals surface area contributed by atoms with Crippen molar-refractivity contribution in [3.05, 3.63) is 12.2 Å². The Morgan fingerprint density at radius 2 is 1.80 bits per heavy atom. The van der Waals surface area contributed by atoms with Crippen LogP contribution in [-0.4, -0.2) is 0 Å². The molecule has 0 aliphatic heterocycles. The van der Waals surface area contributed by atoms with Crippen molar-refractivity contribution in [1.29, 1.82) is 0 Å². The van der Waals surface area contributed by atoms with Gasteiger partial charge in [0.1, 0.15) is 0 Å². The van der Waals surface area contributed by atoms with Gasteiger partial charge in [-0.05, 0) is 43.9 Å². The molecule has 56 valence electrons. The monoisotopic (exact) mass is 136 g/mol. The number of rotatable bonds is 0. The van der Waals surface area contributed by atoms with Gasteiger partial charge in [0.25, 0.3) is 0 Å². The Bertz CT molecular complexity index is 135. The van der Waals surface area contributed by atoms with E-state index in [1.807, 2.05) is 0 Å². The molecule has 0 radical (unpaired) electrons. The second-order valence-corrected chi connectivity index (χ2v) is 3.83. The molecule has 0 aromatic carbocycles. The molecule has 0 heterocycles. The molecule has 2 atom stereocenters. The normalized spacial score (nSPS) is 39.2. The third-order valence-electron chi connectivity index (χ3n) is 3.03. The van der Waals surface area contributed by atoms with Crippen LogP contribution in [0.3, 0.4) is 0 Å². The van der Waals surface area contributed by atoms with E-state index in [4.69, 9.17) is 0 Å². The summed E-state index contributed by atoms with van der Waals surface area (Å²) in [6.45, 7) is 0. The maximum Gasteiger partial charge on any atom is -0.0322 e. The Kier molecular flexibility index (Phi) is 1.79. The van der Waals surface area contributed by atoms with Crippen LogP contribution in [-0.2, 0) is 0 Å². The standard InChI is InChI=1S/C10H16/c1-2-4-9-6-7-10(8-9)5-3-1/h1-2,9-10H,3-8H2. The van der Waals surface area contributed by atoms with Gasteiger partial charge in [0.15, 0.2) is 0 Å². The molecule has 0 heteroatoms. The molecule has 2 aliphatic carbocycles. The van der Waals surface area contributed by atoms with Crippen molar-refractivity contribution in [3.8, 4) is 0 Å². The predicted molar refractivity (Wildman–Crippen MR) is 43.8 cm³/mol. The zero-order valence-corrected chi connectivity index (χ0v) is 6.55. The Balaban J connectivity index is 2.01. The summed E-state index contributed by atoms with van der Waals surface area (Å²) in [6.07, 6.45) is 13.5. The Morgan fingerprint density at radius 1 is 0.900 bits per heavy atom. The van der Waals surface area contributed by atoms with Gasteiger partial charge in [0.2, 0.25) is 0 Å². The molecular formula is C10H16. The van der Waals surface area contributed by atoms with Crippen LogP contribution >= 0.6 is 0 Å². The van der Waals surface area contributed by atoms with Crippen LogP contribution in [0, 0.1) is 11.8 Å². The lowest BCUT2D eigenvalue weighted by Crippen LogP contribution is -1.97. The van der Waals surface area contributed by atoms with Crippen LogP contribution in [0.15, 0.2) is 12.2 Å². The number of hydrogen-bond donors (Lipinski definition) is 0. The Labute approximate surface area is 63.3 Å². The van der Waals surface area contributed by atoms with Crippen LogP contribution in [0.4, 0.5) is 0 Å². The zero-order chi connectivity index (χ0) is 6.81. The maximum atomic E-state index is 2.40. The zero-order valence-electron chi connectivity index (χ0n) is 6.55. The van der Waals surface area contributed by atoms with Gasteiger partial charge < -0.3 is 0 Å². The van der Waals surface area contributed by atoms with Gasteiger partial charge in [-0.1, -0.05) is 18.6 Å². The molecule has 1 saturated carbocycles. The van der Waals surface area contributed by atoms with E-state index in [1.165, 1.54) is 38.5 Å². The first-order chi connectivity index (χ1) is 4.95. The van der Waals surface area contributed by atoms with Crippen LogP contribution < -0.4 is 0 Å². The van der Waals surface area contributed by atoms with Crippen LogP contribution in [0.1, 0.15) is 38.5 Å². The molecule has 0 aromatic rings. The summed E-state index contributed by atoms with van der Waals surface area (Å²) in [6, 6.07) is 0. The minimum atomic E-state index is 1.06. The molecule has 0 saturated heterocycles. The van der Waals surface area contributed by atoms with Crippen molar-refractivity contribution in [1.82, 2.24) is 0 Å². The first-order valence-electron chi connectivity index (χ1n) is 4.60. The van der Waals surface area contributed by atoms with Crippen molar-refractivity contribution < 1.29 is 0 Å². The maximum absolute atomic E-state index is 2.40. The quantitative estimate of drug-likeness (QED) is 0.449. The molecule has 2 unspecified atom stereocenters. The van der Waals surface area contributed by atoms with Gasteiger partial charge in [-0.3, -0.25) is 0 Å². The third-order valence-corrected chi connectivity index (χ3v) is 3.03. The first-order valence-corrected chi connectivity index (χ1v) is 4.60. The molecular weight excluding hydrogens is 120 g/mol. The van der Waals surface area contributed by atoms with E-state index in [1.54, 1.807) is 0 Å². The van der Waals surface area contributed by atoms with Gasteiger partial charge in [-0.25, -0.2) is 0 Å². The SMILES string of the molecule is C1=CCC2CCC(CC1)C2. The second kappa shape index (κ2) is 2.77. The van der Waals surface area contributed by atoms with Crippen molar-refractivity contribution in [3.63, 3.8) is 0 Å². The summed E-state index contributed by atoms with van der Waals surface area (Å²) in [5.74, 6) is 2.15. The minimum Gasteiger partial charge on any atom is -0.0885 e. The highest BCUT2D eigenvalue weighted by Gasteiger charge is 2.23. The lowest BCUT2D eigenvalue weighted by atomic mass is 9.95. The van der Waals surface area contributed by atoms with Crippen molar-refractivity contribution in [2.24, 2.45) is 11.8 Å². The van der Waals surface area contributed by atoms with Crippen LogP contribution in [0.5, 0.6) is 0 Å². The summed E-state index contributed by atoms with van der Waals surface area (Å²) in [5, 5.41) is 0. The molecule has 2 aliphatic rings. The van der Waals surface area contributed by atoms with Crippen LogP contribution in [0.25, 0.3) is 0 Å². The smallest absolute Gasteiger partial charge is 0.0322 e. The van der Waals surface area contributed by atoms with E-state index >= 15 is 0 Å². The van der Waals surface area contributed by atoms with E-state index in [0.29, 0.717) is 0 Å². The molecule has 10 heavy (non-hydrogen) atoms. The molecule has 0 spiro atoms. The van der Waals surface area contributed by atoms with E-state index in [2.05, 4.69) is 12.2 Å². The summed E-state index contributed by atoms with van der Waals surface area (Å²) >= 11 is 0. The van der Waals surface area contributed by atoms with Crippen molar-refractivity contribution in [2.45, 2.75) is 38.5 Å². The van der Waals surface area contributed by atoms with Gasteiger partial charge in [0.05, 0.1) is 0 Å². The average Bonchev–Trinajstić information content (AvgIpc) is 2.30. The number of fused-ring (bicyclic) bond motifs is 2. The van der Waals surface area contributed by atoms with Crippen molar-refractivity contribution in [2.75, 3.05) is 0 Å². The lowest BCUT2D eigenvalue weighted by Gasteiger charge is -2.10. The van der Waals surface area contributed by atoms with E-state index in [-0.39, 0.29) is 0 Å². The largest absolute Gasteiger partial charge is 0.0885 e. The van der Waals surface area contributed by atoms with E-state index < -0.39 is 0 Å². The van der Waals surface area contributed by atoms with Gasteiger partial charge >= 0.3 is 0 Å². The fourth-order valence-electron chi connectivity index (χ4n) is 2.39. The molecule has 2 bridgehead atoms. The van der Waals surface area contributed by atoms with Gasteiger partial charge in [-0.15, -0.1) is 0 Å². The predicted octanol–water partition coefficient (Wildman–Crippen LogP) is 3.14. The van der Waals surface area contributed by atoms with E-state index in [0.717, 1.165) is 11.8 Å². The Morgan fingerprint density at radius 3 is 2.80 bits per heavy atom. The third kappa shape index (κ3) is 1.25. The highest BCUT2D eigenvalue weighted by atomic mass is 14.3. The van der Waals surface area contributed by atoms with E-state index in [9.17, 15) is 0 Å². The summed E-state index contributed by atoms with van der Waals surface area (Å²) < 4.78 is 0. The highest BCUT2D eigenvalue weighted by Crippen LogP contribution is 2.37. The minimum absolute atomic E-state index is 1.06.